The van der Waals surface area contributed by atoms with E-state index in [0.29, 0.717) is 5.76 Å². The lowest BCUT2D eigenvalue weighted by atomic mass is 10.1. The molecule has 2 aromatic carbocycles. The highest BCUT2D eigenvalue weighted by atomic mass is 32.1. The van der Waals surface area contributed by atoms with E-state index in [-0.39, 0.29) is 0 Å². The van der Waals surface area contributed by atoms with Crippen molar-refractivity contribution in [1.82, 2.24) is 15.1 Å². The third kappa shape index (κ3) is 3.18. The third-order valence-electron chi connectivity index (χ3n) is 4.17. The maximum absolute atomic E-state index is 5.48. The number of fused-ring (bicyclic) bond motifs is 1. The minimum absolute atomic E-state index is 0.643. The number of hydrogen-bond donors (Lipinski definition) is 1. The zero-order valence-electron chi connectivity index (χ0n) is 14.2. The molecule has 5 rings (SSSR count). The fourth-order valence-electron chi connectivity index (χ4n) is 2.83. The smallest absolute Gasteiger partial charge is 0.188 e. The molecule has 3 aromatic heterocycles. The summed E-state index contributed by atoms with van der Waals surface area (Å²) in [5.41, 5.74) is 3.51. The molecule has 0 bridgehead atoms. The van der Waals surface area contributed by atoms with Gasteiger partial charge in [0.1, 0.15) is 17.2 Å². The molecule has 0 spiro atoms. The minimum Gasteiger partial charge on any atom is -0.354 e. The van der Waals surface area contributed by atoms with Crippen molar-refractivity contribution in [2.75, 3.05) is 5.32 Å². The van der Waals surface area contributed by atoms with E-state index in [9.17, 15) is 0 Å². The average Bonchev–Trinajstić information content (AvgIpc) is 3.38. The van der Waals surface area contributed by atoms with Gasteiger partial charge < -0.3 is 9.84 Å². The summed E-state index contributed by atoms with van der Waals surface area (Å²) < 4.78 is 5.48. The molecule has 3 heterocycles. The highest BCUT2D eigenvalue weighted by molar-refractivity contribution is 7.14. The first-order valence-electron chi connectivity index (χ1n) is 8.46. The predicted octanol–water partition coefficient (Wildman–Crippen LogP) is 5.76. The van der Waals surface area contributed by atoms with Crippen LogP contribution in [-0.2, 0) is 0 Å². The lowest BCUT2D eigenvalue weighted by Crippen LogP contribution is -1.93. The number of para-hydroxylation sites is 1. The quantitative estimate of drug-likeness (QED) is 0.436. The van der Waals surface area contributed by atoms with E-state index in [1.165, 1.54) is 11.3 Å². The first kappa shape index (κ1) is 15.7. The van der Waals surface area contributed by atoms with Crippen molar-refractivity contribution in [3.63, 3.8) is 0 Å². The molecule has 0 saturated carbocycles. The second kappa shape index (κ2) is 6.66. The Kier molecular flexibility index (Phi) is 3.88. The predicted molar refractivity (Wildman–Crippen MR) is 108 cm³/mol. The molecular formula is C21H14N4OS. The van der Waals surface area contributed by atoms with Crippen LogP contribution in [0.4, 0.5) is 10.9 Å². The van der Waals surface area contributed by atoms with Gasteiger partial charge >= 0.3 is 0 Å². The van der Waals surface area contributed by atoms with E-state index < -0.39 is 0 Å². The van der Waals surface area contributed by atoms with Crippen LogP contribution in [0.3, 0.4) is 0 Å². The van der Waals surface area contributed by atoms with Gasteiger partial charge in [-0.25, -0.2) is 9.97 Å². The Morgan fingerprint density at radius 3 is 2.59 bits per heavy atom. The van der Waals surface area contributed by atoms with Crippen LogP contribution >= 0.6 is 11.3 Å². The topological polar surface area (TPSA) is 63.8 Å². The highest BCUT2D eigenvalue weighted by Gasteiger charge is 2.12. The van der Waals surface area contributed by atoms with Gasteiger partial charge in [-0.3, -0.25) is 0 Å². The molecule has 5 aromatic rings. The number of pyridine rings is 1. The summed E-state index contributed by atoms with van der Waals surface area (Å²) in [5, 5.41) is 11.2. The highest BCUT2D eigenvalue weighted by Crippen LogP contribution is 2.30. The first-order chi connectivity index (χ1) is 13.3. The number of nitrogens with one attached hydrogen (secondary N) is 1. The Morgan fingerprint density at radius 1 is 0.815 bits per heavy atom. The zero-order valence-corrected chi connectivity index (χ0v) is 15.0. The van der Waals surface area contributed by atoms with Crippen LogP contribution in [0.25, 0.3) is 33.6 Å². The summed E-state index contributed by atoms with van der Waals surface area (Å²) in [6.07, 6.45) is 0. The number of rotatable bonds is 4. The summed E-state index contributed by atoms with van der Waals surface area (Å²) in [5.74, 6) is 1.40. The Labute approximate surface area is 159 Å². The number of hydrogen-bond acceptors (Lipinski definition) is 6. The lowest BCUT2D eigenvalue weighted by Gasteiger charge is -2.03. The van der Waals surface area contributed by atoms with Gasteiger partial charge in [0.15, 0.2) is 10.9 Å². The number of benzene rings is 2. The number of aromatic nitrogens is 3. The van der Waals surface area contributed by atoms with E-state index in [1.54, 1.807) is 0 Å². The zero-order chi connectivity index (χ0) is 18.1. The monoisotopic (exact) mass is 370 g/mol. The molecule has 6 heteroatoms. The molecule has 0 aliphatic heterocycles. The second-order valence-electron chi connectivity index (χ2n) is 5.99. The molecule has 0 amide bonds. The maximum atomic E-state index is 5.48. The first-order valence-corrected chi connectivity index (χ1v) is 9.34. The van der Waals surface area contributed by atoms with Gasteiger partial charge in [0.05, 0.1) is 5.52 Å². The van der Waals surface area contributed by atoms with Crippen LogP contribution in [0.2, 0.25) is 0 Å². The molecule has 0 radical (unpaired) electrons. The minimum atomic E-state index is 0.643. The summed E-state index contributed by atoms with van der Waals surface area (Å²) in [7, 11) is 0. The van der Waals surface area contributed by atoms with Gasteiger partial charge in [-0.2, -0.15) is 0 Å². The Bertz CT molecular complexity index is 1210. The molecule has 27 heavy (non-hydrogen) atoms. The van der Waals surface area contributed by atoms with Crippen molar-refractivity contribution >= 4 is 33.2 Å². The van der Waals surface area contributed by atoms with Crippen molar-refractivity contribution in [2.24, 2.45) is 0 Å². The Balaban J connectivity index is 1.39. The molecule has 0 aliphatic carbocycles. The Hall–Kier alpha value is -3.51. The van der Waals surface area contributed by atoms with Crippen LogP contribution < -0.4 is 5.32 Å². The summed E-state index contributed by atoms with van der Waals surface area (Å²) in [4.78, 5) is 9.21. The van der Waals surface area contributed by atoms with E-state index in [0.717, 1.165) is 38.8 Å². The van der Waals surface area contributed by atoms with Crippen molar-refractivity contribution in [3.05, 3.63) is 78.2 Å². The molecule has 0 unspecified atom stereocenters. The summed E-state index contributed by atoms with van der Waals surface area (Å²) in [6, 6.07) is 23.9. The molecule has 1 N–H and O–H groups in total. The van der Waals surface area contributed by atoms with Crippen LogP contribution in [-0.4, -0.2) is 15.1 Å². The van der Waals surface area contributed by atoms with Gasteiger partial charge in [0, 0.05) is 22.4 Å². The van der Waals surface area contributed by atoms with Gasteiger partial charge in [-0.1, -0.05) is 53.7 Å². The molecule has 0 atom stereocenters. The second-order valence-corrected chi connectivity index (χ2v) is 6.85. The Morgan fingerprint density at radius 2 is 1.67 bits per heavy atom. The van der Waals surface area contributed by atoms with Gasteiger partial charge in [-0.15, -0.1) is 11.3 Å². The third-order valence-corrected chi connectivity index (χ3v) is 4.93. The van der Waals surface area contributed by atoms with E-state index in [4.69, 9.17) is 4.52 Å². The van der Waals surface area contributed by atoms with Crippen molar-refractivity contribution in [3.8, 4) is 22.7 Å². The summed E-state index contributed by atoms with van der Waals surface area (Å²) >= 11 is 1.50. The van der Waals surface area contributed by atoms with E-state index >= 15 is 0 Å². The van der Waals surface area contributed by atoms with Crippen molar-refractivity contribution < 1.29 is 4.52 Å². The molecule has 0 fully saturated rings. The van der Waals surface area contributed by atoms with Gasteiger partial charge in [0.2, 0.25) is 0 Å². The summed E-state index contributed by atoms with van der Waals surface area (Å²) in [6.45, 7) is 0. The largest absolute Gasteiger partial charge is 0.354 e. The van der Waals surface area contributed by atoms with Crippen LogP contribution in [0, 0.1) is 0 Å². The normalized spacial score (nSPS) is 11.0. The molecule has 5 nitrogen and oxygen atoms in total. The van der Waals surface area contributed by atoms with Crippen LogP contribution in [0.5, 0.6) is 0 Å². The molecular weight excluding hydrogens is 356 g/mol. The van der Waals surface area contributed by atoms with E-state index in [2.05, 4.69) is 20.4 Å². The van der Waals surface area contributed by atoms with Crippen molar-refractivity contribution in [1.29, 1.82) is 0 Å². The average molecular weight is 370 g/mol. The van der Waals surface area contributed by atoms with Crippen LogP contribution in [0.15, 0.2) is 82.7 Å². The van der Waals surface area contributed by atoms with Gasteiger partial charge in [-0.05, 0) is 18.2 Å². The lowest BCUT2D eigenvalue weighted by molar-refractivity contribution is 0.434. The van der Waals surface area contributed by atoms with Crippen LogP contribution in [0.1, 0.15) is 0 Å². The molecule has 0 aliphatic rings. The number of thiazole rings is 1. The number of anilines is 2. The van der Waals surface area contributed by atoms with E-state index in [1.807, 2.05) is 78.2 Å². The standard InChI is InChI=1S/C21H14N4OS/c1-2-6-14(7-3-1)17-12-19(26-25-17)18-13-27-21(23-18)24-20-11-10-15-8-4-5-9-16(15)22-20/h1-13H,(H,22,23,24). The van der Waals surface area contributed by atoms with Gasteiger partial charge in [0.25, 0.3) is 0 Å². The SMILES string of the molecule is c1ccc(-c2cc(-c3csc(Nc4ccc5ccccc5n4)n3)on2)cc1. The number of nitrogens with zero attached hydrogens (tertiary/aromatic N) is 3. The molecule has 0 saturated heterocycles. The maximum Gasteiger partial charge on any atom is 0.188 e. The van der Waals surface area contributed by atoms with Crippen molar-refractivity contribution in [2.45, 2.75) is 0 Å². The molecule has 130 valence electrons. The fourth-order valence-corrected chi connectivity index (χ4v) is 3.54. The fraction of sp³-hybridized carbons (Fsp3) is 0.